The fourth-order valence-electron chi connectivity index (χ4n) is 2.74. The van der Waals surface area contributed by atoms with E-state index < -0.39 is 14.8 Å². The Morgan fingerprint density at radius 3 is 2.39 bits per heavy atom. The lowest BCUT2D eigenvalue weighted by atomic mass is 10.1. The van der Waals surface area contributed by atoms with E-state index in [0.29, 0.717) is 27.1 Å². The van der Waals surface area contributed by atoms with Crippen LogP contribution in [0.4, 0.5) is 22.5 Å². The van der Waals surface area contributed by atoms with Gasteiger partial charge in [0.1, 0.15) is 22.3 Å². The SMILES string of the molecule is Cc1ccc(NS(=O)(=O)C(C)(C)C)nc1Nc1ncc(C(=O)Nc2c(C)ccc(O)c2C)s1. The number of aryl methyl sites for hydroxylation is 2. The van der Waals surface area contributed by atoms with Gasteiger partial charge in [0, 0.05) is 5.56 Å². The number of hydrogen-bond donors (Lipinski definition) is 4. The molecule has 2 aromatic heterocycles. The number of carbonyl (C=O) groups excluding carboxylic acids is 1. The van der Waals surface area contributed by atoms with Crippen LogP contribution in [-0.4, -0.2) is 34.1 Å². The molecule has 1 amide bonds. The molecule has 33 heavy (non-hydrogen) atoms. The molecule has 0 radical (unpaired) electrons. The molecule has 1 aromatic carbocycles. The van der Waals surface area contributed by atoms with Crippen molar-refractivity contribution in [2.45, 2.75) is 46.3 Å². The van der Waals surface area contributed by atoms with Crippen LogP contribution >= 0.6 is 11.3 Å². The summed E-state index contributed by atoms with van der Waals surface area (Å²) in [6.45, 7) is 10.2. The minimum absolute atomic E-state index is 0.103. The molecule has 0 saturated carbocycles. The highest BCUT2D eigenvalue weighted by Gasteiger charge is 2.29. The van der Waals surface area contributed by atoms with Crippen molar-refractivity contribution >= 4 is 49.7 Å². The first-order chi connectivity index (χ1) is 15.3. The Morgan fingerprint density at radius 1 is 1.06 bits per heavy atom. The predicted molar refractivity (Wildman–Crippen MR) is 132 cm³/mol. The summed E-state index contributed by atoms with van der Waals surface area (Å²) >= 11 is 1.13. The van der Waals surface area contributed by atoms with Crippen molar-refractivity contribution in [2.24, 2.45) is 0 Å². The normalized spacial score (nSPS) is 11.8. The van der Waals surface area contributed by atoms with Gasteiger partial charge in [-0.3, -0.25) is 9.52 Å². The molecule has 176 valence electrons. The summed E-state index contributed by atoms with van der Waals surface area (Å²) in [5.41, 5.74) is 2.75. The van der Waals surface area contributed by atoms with Crippen LogP contribution in [0.15, 0.2) is 30.5 Å². The summed E-state index contributed by atoms with van der Waals surface area (Å²) in [5, 5.41) is 16.2. The van der Waals surface area contributed by atoms with E-state index >= 15 is 0 Å². The molecule has 0 aliphatic heterocycles. The number of amides is 1. The largest absolute Gasteiger partial charge is 0.508 e. The summed E-state index contributed by atoms with van der Waals surface area (Å²) in [7, 11) is -3.62. The maximum Gasteiger partial charge on any atom is 0.267 e. The van der Waals surface area contributed by atoms with Crippen molar-refractivity contribution in [3.8, 4) is 5.75 Å². The highest BCUT2D eigenvalue weighted by atomic mass is 32.2. The first kappa shape index (κ1) is 24.5. The van der Waals surface area contributed by atoms with Gasteiger partial charge in [0.05, 0.1) is 16.6 Å². The first-order valence-electron chi connectivity index (χ1n) is 10.1. The molecule has 0 bridgehead atoms. The standard InChI is InChI=1S/C22H27N5O4S2/c1-12-7-9-15(28)14(3)18(12)25-20(29)16-11-23-21(32-16)26-19-13(2)8-10-17(24-19)27-33(30,31)22(4,5)6/h7-11,28H,1-6H3,(H,25,29)(H2,23,24,26,27). The number of aromatic nitrogens is 2. The number of thiazole rings is 1. The van der Waals surface area contributed by atoms with Gasteiger partial charge in [0.15, 0.2) is 5.13 Å². The lowest BCUT2D eigenvalue weighted by Gasteiger charge is -2.20. The van der Waals surface area contributed by atoms with Crippen molar-refractivity contribution < 1.29 is 18.3 Å². The molecular formula is C22H27N5O4S2. The number of nitrogens with zero attached hydrogens (tertiary/aromatic N) is 2. The van der Waals surface area contributed by atoms with Gasteiger partial charge < -0.3 is 15.7 Å². The molecule has 0 atom stereocenters. The third-order valence-electron chi connectivity index (χ3n) is 4.98. The van der Waals surface area contributed by atoms with E-state index in [1.54, 1.807) is 52.0 Å². The Kier molecular flexibility index (Phi) is 6.66. The van der Waals surface area contributed by atoms with Crippen LogP contribution in [0.5, 0.6) is 5.75 Å². The van der Waals surface area contributed by atoms with Gasteiger partial charge in [-0.05, 0) is 64.8 Å². The molecule has 9 nitrogen and oxygen atoms in total. The number of sulfonamides is 1. The molecule has 0 aliphatic carbocycles. The smallest absolute Gasteiger partial charge is 0.267 e. The van der Waals surface area contributed by atoms with Gasteiger partial charge in [-0.1, -0.05) is 23.5 Å². The molecule has 4 N–H and O–H groups in total. The van der Waals surface area contributed by atoms with Gasteiger partial charge in [-0.15, -0.1) is 0 Å². The fraction of sp³-hybridized carbons (Fsp3) is 0.318. The van der Waals surface area contributed by atoms with Crippen molar-refractivity contribution in [3.63, 3.8) is 0 Å². The van der Waals surface area contributed by atoms with Crippen molar-refractivity contribution in [1.82, 2.24) is 9.97 Å². The average Bonchev–Trinajstić information content (AvgIpc) is 3.18. The predicted octanol–water partition coefficient (Wildman–Crippen LogP) is 4.71. The Balaban J connectivity index is 1.78. The van der Waals surface area contributed by atoms with Crippen LogP contribution < -0.4 is 15.4 Å². The second-order valence-electron chi connectivity index (χ2n) is 8.59. The highest BCUT2D eigenvalue weighted by Crippen LogP contribution is 2.30. The van der Waals surface area contributed by atoms with E-state index in [1.165, 1.54) is 6.20 Å². The number of hydrogen-bond acceptors (Lipinski definition) is 8. The minimum atomic E-state index is -3.62. The monoisotopic (exact) mass is 489 g/mol. The Bertz CT molecular complexity index is 1310. The van der Waals surface area contributed by atoms with Crippen LogP contribution in [-0.2, 0) is 10.0 Å². The van der Waals surface area contributed by atoms with Crippen LogP contribution in [0, 0.1) is 20.8 Å². The number of aromatic hydroxyl groups is 1. The Hall–Kier alpha value is -3.18. The first-order valence-corrected chi connectivity index (χ1v) is 12.4. The minimum Gasteiger partial charge on any atom is -0.508 e. The maximum atomic E-state index is 12.7. The number of phenols is 1. The number of anilines is 4. The van der Waals surface area contributed by atoms with Crippen molar-refractivity contribution in [1.29, 1.82) is 0 Å². The van der Waals surface area contributed by atoms with Crippen molar-refractivity contribution in [3.05, 3.63) is 52.0 Å². The summed E-state index contributed by atoms with van der Waals surface area (Å²) in [4.78, 5) is 21.7. The van der Waals surface area contributed by atoms with Gasteiger partial charge in [0.25, 0.3) is 5.91 Å². The summed E-state index contributed by atoms with van der Waals surface area (Å²) in [5.74, 6) is 0.354. The number of nitrogens with one attached hydrogen (secondary N) is 3. The molecule has 0 fully saturated rings. The van der Waals surface area contributed by atoms with Gasteiger partial charge >= 0.3 is 0 Å². The van der Waals surface area contributed by atoms with Crippen LogP contribution in [0.2, 0.25) is 0 Å². The number of pyridine rings is 1. The second kappa shape index (κ2) is 8.99. The Labute approximate surface area is 197 Å². The average molecular weight is 490 g/mol. The van der Waals surface area contributed by atoms with E-state index in [9.17, 15) is 18.3 Å². The van der Waals surface area contributed by atoms with Gasteiger partial charge in [0.2, 0.25) is 10.0 Å². The molecular weight excluding hydrogens is 462 g/mol. The van der Waals surface area contributed by atoms with Crippen LogP contribution in [0.1, 0.15) is 47.1 Å². The third kappa shape index (κ3) is 5.42. The third-order valence-corrected chi connectivity index (χ3v) is 7.98. The van der Waals surface area contributed by atoms with E-state index in [4.69, 9.17) is 0 Å². The zero-order valence-electron chi connectivity index (χ0n) is 19.3. The van der Waals surface area contributed by atoms with E-state index in [-0.39, 0.29) is 17.5 Å². The fourth-order valence-corrected chi connectivity index (χ4v) is 4.15. The van der Waals surface area contributed by atoms with E-state index in [0.717, 1.165) is 22.5 Å². The molecule has 11 heteroatoms. The highest BCUT2D eigenvalue weighted by molar-refractivity contribution is 7.94. The number of phenolic OH excluding ortho intramolecular Hbond substituents is 1. The van der Waals surface area contributed by atoms with Crippen LogP contribution in [0.25, 0.3) is 0 Å². The zero-order chi connectivity index (χ0) is 24.6. The van der Waals surface area contributed by atoms with E-state index in [1.807, 2.05) is 13.8 Å². The van der Waals surface area contributed by atoms with Crippen LogP contribution in [0.3, 0.4) is 0 Å². The quantitative estimate of drug-likeness (QED) is 0.394. The molecule has 3 aromatic rings. The molecule has 3 rings (SSSR count). The number of benzene rings is 1. The molecule has 0 spiro atoms. The summed E-state index contributed by atoms with van der Waals surface area (Å²) < 4.78 is 26.4. The number of carbonyl (C=O) groups is 1. The van der Waals surface area contributed by atoms with E-state index in [2.05, 4.69) is 25.3 Å². The number of rotatable bonds is 6. The van der Waals surface area contributed by atoms with Gasteiger partial charge in [-0.25, -0.2) is 18.4 Å². The second-order valence-corrected chi connectivity index (χ2v) is 12.1. The lowest BCUT2D eigenvalue weighted by molar-refractivity contribution is 0.103. The molecule has 0 unspecified atom stereocenters. The van der Waals surface area contributed by atoms with Crippen molar-refractivity contribution in [2.75, 3.05) is 15.4 Å². The lowest BCUT2D eigenvalue weighted by Crippen LogP contribution is -2.34. The Morgan fingerprint density at radius 2 is 1.73 bits per heavy atom. The maximum absolute atomic E-state index is 12.7. The van der Waals surface area contributed by atoms with Gasteiger partial charge in [-0.2, -0.15) is 0 Å². The summed E-state index contributed by atoms with van der Waals surface area (Å²) in [6.07, 6.45) is 1.44. The topological polar surface area (TPSA) is 133 Å². The zero-order valence-corrected chi connectivity index (χ0v) is 20.9. The molecule has 2 heterocycles. The molecule has 0 aliphatic rings. The summed E-state index contributed by atoms with van der Waals surface area (Å²) in [6, 6.07) is 6.64. The molecule has 0 saturated heterocycles.